The van der Waals surface area contributed by atoms with Crippen molar-refractivity contribution in [2.45, 2.75) is 18.7 Å². The maximum absolute atomic E-state index is 12.4. The summed E-state index contributed by atoms with van der Waals surface area (Å²) >= 11 is 0. The molecule has 0 aliphatic heterocycles. The van der Waals surface area contributed by atoms with Crippen LogP contribution in [-0.4, -0.2) is 34.5 Å². The van der Waals surface area contributed by atoms with Crippen LogP contribution in [0.4, 0.5) is 5.69 Å². The number of rotatable bonds is 7. The summed E-state index contributed by atoms with van der Waals surface area (Å²) in [7, 11) is -2.07. The Morgan fingerprint density at radius 3 is 2.52 bits per heavy atom. The lowest BCUT2D eigenvalue weighted by Gasteiger charge is -2.22. The number of ether oxygens (including phenoxy) is 1. The molecule has 25 heavy (non-hydrogen) atoms. The Hall–Kier alpha value is -2.38. The number of carbonyl (C=O) groups excluding carboxylic acids is 1. The molecule has 0 heterocycles. The van der Waals surface area contributed by atoms with E-state index in [0.717, 1.165) is 0 Å². The Morgan fingerprint density at radius 2 is 1.88 bits per heavy atom. The minimum absolute atomic E-state index is 0.105. The van der Waals surface area contributed by atoms with E-state index in [9.17, 15) is 13.2 Å². The maximum atomic E-state index is 12.4. The molecule has 0 unspecified atom stereocenters. The summed E-state index contributed by atoms with van der Waals surface area (Å²) in [6.45, 7) is 3.50. The van der Waals surface area contributed by atoms with Gasteiger partial charge in [-0.3, -0.25) is 4.79 Å². The number of benzene rings is 2. The van der Waals surface area contributed by atoms with E-state index in [1.165, 1.54) is 11.8 Å². The van der Waals surface area contributed by atoms with E-state index in [0.29, 0.717) is 17.0 Å². The van der Waals surface area contributed by atoms with E-state index < -0.39 is 10.0 Å². The van der Waals surface area contributed by atoms with Gasteiger partial charge in [0.15, 0.2) is 0 Å². The van der Waals surface area contributed by atoms with Gasteiger partial charge in [0.05, 0.1) is 12.0 Å². The number of nitrogens with one attached hydrogen (secondary N) is 1. The van der Waals surface area contributed by atoms with Crippen molar-refractivity contribution in [3.05, 3.63) is 54.1 Å². The number of anilines is 1. The summed E-state index contributed by atoms with van der Waals surface area (Å²) in [4.78, 5) is 13.7. The highest BCUT2D eigenvalue weighted by Crippen LogP contribution is 2.21. The third-order valence-electron chi connectivity index (χ3n) is 3.76. The number of aryl methyl sites for hydroxylation is 1. The highest BCUT2D eigenvalue weighted by Gasteiger charge is 2.17. The molecule has 0 aliphatic carbocycles. The Kier molecular flexibility index (Phi) is 6.17. The van der Waals surface area contributed by atoms with Gasteiger partial charge in [-0.25, -0.2) is 13.1 Å². The molecule has 0 aromatic heterocycles. The van der Waals surface area contributed by atoms with E-state index in [1.54, 1.807) is 62.6 Å². The van der Waals surface area contributed by atoms with Crippen LogP contribution < -0.4 is 14.4 Å². The van der Waals surface area contributed by atoms with Gasteiger partial charge in [0.25, 0.3) is 0 Å². The molecule has 1 amide bonds. The van der Waals surface area contributed by atoms with Crippen LogP contribution in [0, 0.1) is 6.92 Å². The molecular formula is C18H22N2O4S. The number of hydrogen-bond acceptors (Lipinski definition) is 4. The molecule has 2 aromatic carbocycles. The van der Waals surface area contributed by atoms with Crippen LogP contribution in [0.5, 0.6) is 5.75 Å². The van der Waals surface area contributed by atoms with Crippen molar-refractivity contribution in [1.29, 1.82) is 0 Å². The highest BCUT2D eigenvalue weighted by molar-refractivity contribution is 7.89. The van der Waals surface area contributed by atoms with Crippen molar-refractivity contribution in [3.63, 3.8) is 0 Å². The normalized spacial score (nSPS) is 11.2. The lowest BCUT2D eigenvalue weighted by Crippen LogP contribution is -2.37. The molecule has 0 bridgehead atoms. The average Bonchev–Trinajstić information content (AvgIpc) is 2.58. The fourth-order valence-corrected chi connectivity index (χ4v) is 3.74. The summed E-state index contributed by atoms with van der Waals surface area (Å²) in [6, 6.07) is 13.8. The van der Waals surface area contributed by atoms with Gasteiger partial charge in [0.2, 0.25) is 15.9 Å². The summed E-state index contributed by atoms with van der Waals surface area (Å²) < 4.78 is 32.5. The van der Waals surface area contributed by atoms with Crippen molar-refractivity contribution in [2.24, 2.45) is 0 Å². The first-order chi connectivity index (χ1) is 11.8. The van der Waals surface area contributed by atoms with Gasteiger partial charge in [-0.2, -0.15) is 0 Å². The topological polar surface area (TPSA) is 75.7 Å². The summed E-state index contributed by atoms with van der Waals surface area (Å²) in [5.41, 5.74) is 1.33. The Labute approximate surface area is 148 Å². The van der Waals surface area contributed by atoms with Crippen molar-refractivity contribution >= 4 is 21.6 Å². The number of amides is 1. The Morgan fingerprint density at radius 1 is 1.16 bits per heavy atom. The molecule has 7 heteroatoms. The standard InChI is InChI=1S/C18H22N2O4S/c1-14-7-4-5-10-18(14)25(22,23)19-11-12-20(15(2)21)16-8-6-9-17(13-16)24-3/h4-10,13,19H,11-12H2,1-3H3. The third kappa shape index (κ3) is 4.80. The lowest BCUT2D eigenvalue weighted by atomic mass is 10.2. The first-order valence-electron chi connectivity index (χ1n) is 7.82. The smallest absolute Gasteiger partial charge is 0.240 e. The zero-order valence-electron chi connectivity index (χ0n) is 14.5. The molecule has 1 N–H and O–H groups in total. The number of hydrogen-bond donors (Lipinski definition) is 1. The predicted molar refractivity (Wildman–Crippen MR) is 97.4 cm³/mol. The van der Waals surface area contributed by atoms with Crippen molar-refractivity contribution in [3.8, 4) is 5.75 Å². The second-order valence-electron chi connectivity index (χ2n) is 5.54. The van der Waals surface area contributed by atoms with Gasteiger partial charge in [-0.1, -0.05) is 24.3 Å². The molecule has 2 aromatic rings. The van der Waals surface area contributed by atoms with Crippen LogP contribution in [0.2, 0.25) is 0 Å². The lowest BCUT2D eigenvalue weighted by molar-refractivity contribution is -0.116. The van der Waals surface area contributed by atoms with Crippen LogP contribution in [0.15, 0.2) is 53.4 Å². The highest BCUT2D eigenvalue weighted by atomic mass is 32.2. The zero-order valence-corrected chi connectivity index (χ0v) is 15.3. The Bertz CT molecular complexity index is 850. The molecule has 0 radical (unpaired) electrons. The van der Waals surface area contributed by atoms with Crippen LogP contribution in [0.1, 0.15) is 12.5 Å². The van der Waals surface area contributed by atoms with Crippen LogP contribution in [0.25, 0.3) is 0 Å². The zero-order chi connectivity index (χ0) is 18.4. The van der Waals surface area contributed by atoms with E-state index in [1.807, 2.05) is 0 Å². The monoisotopic (exact) mass is 362 g/mol. The molecule has 134 valence electrons. The fraction of sp³-hybridized carbons (Fsp3) is 0.278. The summed E-state index contributed by atoms with van der Waals surface area (Å²) in [6.07, 6.45) is 0. The maximum Gasteiger partial charge on any atom is 0.240 e. The molecule has 0 saturated carbocycles. The first-order valence-corrected chi connectivity index (χ1v) is 9.31. The second kappa shape index (κ2) is 8.13. The molecule has 0 saturated heterocycles. The van der Waals surface area contributed by atoms with Crippen molar-refractivity contribution < 1.29 is 17.9 Å². The minimum atomic E-state index is -3.62. The number of methoxy groups -OCH3 is 1. The molecule has 0 atom stereocenters. The van der Waals surface area contributed by atoms with Gasteiger partial charge in [-0.05, 0) is 30.7 Å². The fourth-order valence-electron chi connectivity index (χ4n) is 2.47. The molecule has 0 spiro atoms. The van der Waals surface area contributed by atoms with E-state index >= 15 is 0 Å². The van der Waals surface area contributed by atoms with E-state index in [2.05, 4.69) is 4.72 Å². The van der Waals surface area contributed by atoms with Crippen LogP contribution >= 0.6 is 0 Å². The molecule has 6 nitrogen and oxygen atoms in total. The summed E-state index contributed by atoms with van der Waals surface area (Å²) in [5.74, 6) is 0.451. The first kappa shape index (κ1) is 19.0. The van der Waals surface area contributed by atoms with Crippen LogP contribution in [0.3, 0.4) is 0 Å². The molecular weight excluding hydrogens is 340 g/mol. The van der Waals surface area contributed by atoms with Gasteiger partial charge >= 0.3 is 0 Å². The number of sulfonamides is 1. The summed E-state index contributed by atoms with van der Waals surface area (Å²) in [5, 5.41) is 0. The van der Waals surface area contributed by atoms with E-state index in [4.69, 9.17) is 4.74 Å². The predicted octanol–water partition coefficient (Wildman–Crippen LogP) is 2.34. The quantitative estimate of drug-likeness (QED) is 0.820. The number of carbonyl (C=O) groups is 1. The largest absolute Gasteiger partial charge is 0.497 e. The van der Waals surface area contributed by atoms with Gasteiger partial charge < -0.3 is 9.64 Å². The van der Waals surface area contributed by atoms with Crippen LogP contribution in [-0.2, 0) is 14.8 Å². The Balaban J connectivity index is 2.09. The molecule has 2 rings (SSSR count). The minimum Gasteiger partial charge on any atom is -0.497 e. The third-order valence-corrected chi connectivity index (χ3v) is 5.38. The van der Waals surface area contributed by atoms with Crippen molar-refractivity contribution in [2.75, 3.05) is 25.1 Å². The average molecular weight is 362 g/mol. The van der Waals surface area contributed by atoms with Gasteiger partial charge in [-0.15, -0.1) is 0 Å². The SMILES string of the molecule is COc1cccc(N(CCNS(=O)(=O)c2ccccc2C)C(C)=O)c1. The second-order valence-corrected chi connectivity index (χ2v) is 7.27. The van der Waals surface area contributed by atoms with Gasteiger partial charge in [0.1, 0.15) is 5.75 Å². The molecule has 0 fully saturated rings. The molecule has 0 aliphatic rings. The number of nitrogens with zero attached hydrogens (tertiary/aromatic N) is 1. The van der Waals surface area contributed by atoms with E-state index in [-0.39, 0.29) is 23.9 Å². The van der Waals surface area contributed by atoms with Crippen molar-refractivity contribution in [1.82, 2.24) is 4.72 Å². The van der Waals surface area contributed by atoms with Gasteiger partial charge in [0, 0.05) is 31.8 Å².